The first-order valence-electron chi connectivity index (χ1n) is 6.38. The number of aryl methyl sites for hydroxylation is 1. The summed E-state index contributed by atoms with van der Waals surface area (Å²) >= 11 is 8.46. The van der Waals surface area contributed by atoms with E-state index in [9.17, 15) is 4.39 Å². The Hall–Kier alpha value is -0.650. The van der Waals surface area contributed by atoms with Gasteiger partial charge in [0.1, 0.15) is 5.82 Å². The lowest BCUT2D eigenvalue weighted by molar-refractivity contribution is 0.582. The van der Waals surface area contributed by atoms with Crippen LogP contribution in [-0.2, 0) is 6.42 Å². The summed E-state index contributed by atoms with van der Waals surface area (Å²) in [5.41, 5.74) is 3.33. The van der Waals surface area contributed by atoms with E-state index in [0.717, 1.165) is 31.7 Å². The average molecular weight is 404 g/mol. The molecule has 0 fully saturated rings. The van der Waals surface area contributed by atoms with Crippen LogP contribution in [0, 0.1) is 16.3 Å². The first-order chi connectivity index (χ1) is 9.51. The van der Waals surface area contributed by atoms with Gasteiger partial charge in [-0.2, -0.15) is 0 Å². The van der Waals surface area contributed by atoms with Crippen molar-refractivity contribution in [2.45, 2.75) is 19.4 Å². The predicted molar refractivity (Wildman–Crippen MR) is 90.8 cm³/mol. The molecule has 2 aromatic carbocycles. The molecule has 1 nitrogen and oxygen atoms in total. The van der Waals surface area contributed by atoms with Gasteiger partial charge in [0, 0.05) is 14.6 Å². The predicted octanol–water partition coefficient (Wildman–Crippen LogP) is 4.90. The second kappa shape index (κ2) is 6.87. The summed E-state index contributed by atoms with van der Waals surface area (Å²) in [6.07, 6.45) is 0.775. The van der Waals surface area contributed by atoms with Gasteiger partial charge in [0.05, 0.1) is 0 Å². The molecule has 1 atom stereocenters. The van der Waals surface area contributed by atoms with Crippen LogP contribution in [0.2, 0.25) is 5.02 Å². The Bertz CT molecular complexity index is 615. The number of benzene rings is 2. The van der Waals surface area contributed by atoms with Gasteiger partial charge in [0.2, 0.25) is 0 Å². The zero-order valence-electron chi connectivity index (χ0n) is 11.4. The highest BCUT2D eigenvalue weighted by atomic mass is 127. The Morgan fingerprint density at radius 1 is 1.25 bits per heavy atom. The Labute approximate surface area is 137 Å². The Balaban J connectivity index is 2.28. The van der Waals surface area contributed by atoms with Crippen molar-refractivity contribution in [3.05, 3.63) is 67.5 Å². The third kappa shape index (κ3) is 3.71. The fourth-order valence-electron chi connectivity index (χ4n) is 2.19. The number of rotatable bonds is 4. The van der Waals surface area contributed by atoms with Gasteiger partial charge in [-0.3, -0.25) is 0 Å². The fraction of sp³-hybridized carbons (Fsp3) is 0.250. The second-order valence-corrected chi connectivity index (χ2v) is 6.38. The number of likely N-dealkylation sites (N-methyl/N-ethyl adjacent to an activating group) is 1. The molecule has 0 bridgehead atoms. The molecule has 0 amide bonds. The molecule has 0 aromatic heterocycles. The fourth-order valence-corrected chi connectivity index (χ4v) is 3.35. The maximum atomic E-state index is 13.2. The Morgan fingerprint density at radius 2 is 2.00 bits per heavy atom. The van der Waals surface area contributed by atoms with Crippen LogP contribution in [0.3, 0.4) is 0 Å². The molecular weight excluding hydrogens is 388 g/mol. The Kier molecular flexibility index (Phi) is 5.41. The van der Waals surface area contributed by atoms with Crippen LogP contribution in [0.5, 0.6) is 0 Å². The molecule has 2 rings (SSSR count). The summed E-state index contributed by atoms with van der Waals surface area (Å²) in [6, 6.07) is 11.1. The van der Waals surface area contributed by atoms with Gasteiger partial charge in [-0.1, -0.05) is 29.8 Å². The minimum absolute atomic E-state index is 0.114. The lowest BCUT2D eigenvalue weighted by atomic mass is 9.98. The molecule has 0 aliphatic rings. The summed E-state index contributed by atoms with van der Waals surface area (Å²) in [5, 5.41) is 4.06. The smallest absolute Gasteiger partial charge is 0.124 e. The normalized spacial score (nSPS) is 12.4. The average Bonchev–Trinajstić information content (AvgIpc) is 2.39. The summed E-state index contributed by atoms with van der Waals surface area (Å²) in [4.78, 5) is 0. The van der Waals surface area contributed by atoms with Gasteiger partial charge in [0.25, 0.3) is 0 Å². The SMILES string of the molecule is CNC(Cc1ccc(C)cc1Cl)c1ccc(F)cc1I. The van der Waals surface area contributed by atoms with Gasteiger partial charge in [0.15, 0.2) is 0 Å². The van der Waals surface area contributed by atoms with Gasteiger partial charge in [-0.05, 0) is 77.9 Å². The molecule has 4 heteroatoms. The molecule has 0 heterocycles. The van der Waals surface area contributed by atoms with E-state index in [4.69, 9.17) is 11.6 Å². The van der Waals surface area contributed by atoms with Gasteiger partial charge < -0.3 is 5.32 Å². The topological polar surface area (TPSA) is 12.0 Å². The molecule has 0 radical (unpaired) electrons. The summed E-state index contributed by atoms with van der Waals surface area (Å²) in [5.74, 6) is -0.207. The van der Waals surface area contributed by atoms with Crippen molar-refractivity contribution in [3.63, 3.8) is 0 Å². The molecule has 0 aliphatic carbocycles. The maximum Gasteiger partial charge on any atom is 0.124 e. The van der Waals surface area contributed by atoms with E-state index in [1.54, 1.807) is 6.07 Å². The second-order valence-electron chi connectivity index (χ2n) is 4.81. The first kappa shape index (κ1) is 15.7. The molecule has 106 valence electrons. The number of nitrogens with one attached hydrogen (secondary N) is 1. The van der Waals surface area contributed by atoms with Crippen LogP contribution < -0.4 is 5.32 Å². The highest BCUT2D eigenvalue weighted by molar-refractivity contribution is 14.1. The van der Waals surface area contributed by atoms with Crippen molar-refractivity contribution in [1.29, 1.82) is 0 Å². The molecular formula is C16H16ClFIN. The van der Waals surface area contributed by atoms with E-state index in [2.05, 4.69) is 40.0 Å². The number of hydrogen-bond acceptors (Lipinski definition) is 1. The van der Waals surface area contributed by atoms with E-state index in [-0.39, 0.29) is 11.9 Å². The lowest BCUT2D eigenvalue weighted by Crippen LogP contribution is -2.20. The van der Waals surface area contributed by atoms with Crippen LogP contribution >= 0.6 is 34.2 Å². The van der Waals surface area contributed by atoms with E-state index in [1.807, 2.05) is 26.1 Å². The number of halogens is 3. The molecule has 20 heavy (non-hydrogen) atoms. The van der Waals surface area contributed by atoms with Gasteiger partial charge in [-0.15, -0.1) is 0 Å². The van der Waals surface area contributed by atoms with Crippen molar-refractivity contribution >= 4 is 34.2 Å². The zero-order chi connectivity index (χ0) is 14.7. The first-order valence-corrected chi connectivity index (χ1v) is 7.84. The largest absolute Gasteiger partial charge is 0.313 e. The molecule has 2 aromatic rings. The molecule has 0 saturated carbocycles. The monoisotopic (exact) mass is 403 g/mol. The minimum atomic E-state index is -0.207. The van der Waals surface area contributed by atoms with Crippen LogP contribution in [0.1, 0.15) is 22.7 Å². The van der Waals surface area contributed by atoms with Crippen LogP contribution in [0.25, 0.3) is 0 Å². The van der Waals surface area contributed by atoms with Crippen molar-refractivity contribution < 1.29 is 4.39 Å². The van der Waals surface area contributed by atoms with Crippen LogP contribution in [0.15, 0.2) is 36.4 Å². The zero-order valence-corrected chi connectivity index (χ0v) is 14.3. The standard InChI is InChI=1S/C16H16ClFIN/c1-10-3-4-11(14(17)7-10)8-16(20-2)13-6-5-12(18)9-15(13)19/h3-7,9,16,20H,8H2,1-2H3. The summed E-state index contributed by atoms with van der Waals surface area (Å²) < 4.78 is 14.1. The molecule has 1 N–H and O–H groups in total. The van der Waals surface area contributed by atoms with E-state index < -0.39 is 0 Å². The van der Waals surface area contributed by atoms with Crippen LogP contribution in [-0.4, -0.2) is 7.05 Å². The van der Waals surface area contributed by atoms with Crippen molar-refractivity contribution in [2.75, 3.05) is 7.05 Å². The molecule has 0 saturated heterocycles. The van der Waals surface area contributed by atoms with Crippen LogP contribution in [0.4, 0.5) is 4.39 Å². The lowest BCUT2D eigenvalue weighted by Gasteiger charge is -2.19. The van der Waals surface area contributed by atoms with Gasteiger partial charge >= 0.3 is 0 Å². The van der Waals surface area contributed by atoms with E-state index >= 15 is 0 Å². The van der Waals surface area contributed by atoms with Gasteiger partial charge in [-0.25, -0.2) is 4.39 Å². The van der Waals surface area contributed by atoms with Crippen molar-refractivity contribution in [1.82, 2.24) is 5.32 Å². The molecule has 0 spiro atoms. The summed E-state index contributed by atoms with van der Waals surface area (Å²) in [6.45, 7) is 2.02. The highest BCUT2D eigenvalue weighted by Crippen LogP contribution is 2.27. The Morgan fingerprint density at radius 3 is 2.60 bits per heavy atom. The minimum Gasteiger partial charge on any atom is -0.313 e. The van der Waals surface area contributed by atoms with Crippen molar-refractivity contribution in [3.8, 4) is 0 Å². The van der Waals surface area contributed by atoms with E-state index in [0.29, 0.717) is 0 Å². The molecule has 1 unspecified atom stereocenters. The molecule has 0 aliphatic heterocycles. The summed E-state index contributed by atoms with van der Waals surface area (Å²) in [7, 11) is 1.91. The third-order valence-corrected chi connectivity index (χ3v) is 4.61. The third-order valence-electron chi connectivity index (χ3n) is 3.32. The number of hydrogen-bond donors (Lipinski definition) is 1. The quantitative estimate of drug-likeness (QED) is 0.716. The van der Waals surface area contributed by atoms with Crippen molar-refractivity contribution in [2.24, 2.45) is 0 Å². The highest BCUT2D eigenvalue weighted by Gasteiger charge is 2.15. The maximum absolute atomic E-state index is 13.2. The van der Waals surface area contributed by atoms with E-state index in [1.165, 1.54) is 6.07 Å².